The molecule has 142 valence electrons. The molecule has 0 unspecified atom stereocenters. The van der Waals surface area contributed by atoms with Gasteiger partial charge in [0, 0.05) is 5.69 Å². The van der Waals surface area contributed by atoms with Crippen LogP contribution in [-0.4, -0.2) is 31.2 Å². The van der Waals surface area contributed by atoms with Crippen LogP contribution in [0.2, 0.25) is 0 Å². The second-order valence-corrected chi connectivity index (χ2v) is 6.70. The number of anilines is 1. The number of carbonyl (C=O) groups excluding carboxylic acids is 1. The van der Waals surface area contributed by atoms with Crippen LogP contribution < -0.4 is 14.8 Å². The summed E-state index contributed by atoms with van der Waals surface area (Å²) in [5, 5.41) is 12.0. The molecule has 3 rings (SSSR count). The van der Waals surface area contributed by atoms with Gasteiger partial charge in [-0.05, 0) is 54.8 Å². The van der Waals surface area contributed by atoms with E-state index in [1.54, 1.807) is 26.4 Å². The van der Waals surface area contributed by atoms with Crippen LogP contribution in [0.1, 0.15) is 41.6 Å². The standard InChI is InChI=1S/C21H23NO5/c1-26-17-10-7-15(13-18(17)27-2)21(11-3-4-12-21)20(25)22-16-8-5-14(6-9-16)19(23)24/h5-10,13H,3-4,11-12H2,1-2H3,(H,22,25)(H,23,24). The van der Waals surface area contributed by atoms with Crippen molar-refractivity contribution in [3.63, 3.8) is 0 Å². The van der Waals surface area contributed by atoms with Crippen LogP contribution in [0.3, 0.4) is 0 Å². The van der Waals surface area contributed by atoms with E-state index < -0.39 is 11.4 Å². The Labute approximate surface area is 158 Å². The fraction of sp³-hybridized carbons (Fsp3) is 0.333. The fourth-order valence-corrected chi connectivity index (χ4v) is 3.71. The zero-order valence-corrected chi connectivity index (χ0v) is 15.5. The summed E-state index contributed by atoms with van der Waals surface area (Å²) in [6, 6.07) is 11.8. The Kier molecular flexibility index (Phi) is 5.35. The summed E-state index contributed by atoms with van der Waals surface area (Å²) in [4.78, 5) is 24.2. The lowest BCUT2D eigenvalue weighted by molar-refractivity contribution is -0.121. The van der Waals surface area contributed by atoms with Crippen molar-refractivity contribution in [3.05, 3.63) is 53.6 Å². The van der Waals surface area contributed by atoms with Gasteiger partial charge in [0.15, 0.2) is 11.5 Å². The van der Waals surface area contributed by atoms with Crippen molar-refractivity contribution in [3.8, 4) is 11.5 Å². The molecule has 0 radical (unpaired) electrons. The molecule has 0 aliphatic heterocycles. The SMILES string of the molecule is COc1ccc(C2(C(=O)Nc3ccc(C(=O)O)cc3)CCCC2)cc1OC. The molecule has 6 nitrogen and oxygen atoms in total. The minimum atomic E-state index is -0.995. The molecule has 2 aromatic carbocycles. The van der Waals surface area contributed by atoms with Crippen molar-refractivity contribution in [1.29, 1.82) is 0 Å². The van der Waals surface area contributed by atoms with E-state index in [2.05, 4.69) is 5.32 Å². The third-order valence-corrected chi connectivity index (χ3v) is 5.22. The van der Waals surface area contributed by atoms with Crippen LogP contribution in [0.4, 0.5) is 5.69 Å². The molecule has 0 aromatic heterocycles. The number of aromatic carboxylic acids is 1. The summed E-state index contributed by atoms with van der Waals surface area (Å²) >= 11 is 0. The third-order valence-electron chi connectivity index (χ3n) is 5.22. The van der Waals surface area contributed by atoms with E-state index in [9.17, 15) is 9.59 Å². The summed E-state index contributed by atoms with van der Waals surface area (Å²) in [6.45, 7) is 0. The first-order valence-corrected chi connectivity index (χ1v) is 8.87. The van der Waals surface area contributed by atoms with Crippen LogP contribution >= 0.6 is 0 Å². The number of benzene rings is 2. The van der Waals surface area contributed by atoms with Gasteiger partial charge in [-0.1, -0.05) is 18.9 Å². The Balaban J connectivity index is 1.90. The largest absolute Gasteiger partial charge is 0.493 e. The fourth-order valence-electron chi connectivity index (χ4n) is 3.71. The highest BCUT2D eigenvalue weighted by Crippen LogP contribution is 2.44. The number of amides is 1. The molecule has 1 fully saturated rings. The van der Waals surface area contributed by atoms with Crippen LogP contribution in [0.5, 0.6) is 11.5 Å². The molecular weight excluding hydrogens is 346 g/mol. The molecular formula is C21H23NO5. The summed E-state index contributed by atoms with van der Waals surface area (Å²) in [7, 11) is 3.16. The molecule has 2 N–H and O–H groups in total. The van der Waals surface area contributed by atoms with Crippen molar-refractivity contribution >= 4 is 17.6 Å². The minimum absolute atomic E-state index is 0.0877. The Morgan fingerprint density at radius 2 is 1.59 bits per heavy atom. The molecule has 0 atom stereocenters. The highest BCUT2D eigenvalue weighted by molar-refractivity contribution is 6.00. The average molecular weight is 369 g/mol. The number of ether oxygens (including phenoxy) is 2. The molecule has 0 spiro atoms. The maximum Gasteiger partial charge on any atom is 0.335 e. The first kappa shape index (κ1) is 18.8. The molecule has 1 aliphatic carbocycles. The third kappa shape index (κ3) is 3.60. The van der Waals surface area contributed by atoms with Crippen LogP contribution in [0.15, 0.2) is 42.5 Å². The number of carbonyl (C=O) groups is 2. The van der Waals surface area contributed by atoms with Gasteiger partial charge in [0.25, 0.3) is 0 Å². The van der Waals surface area contributed by atoms with Crippen LogP contribution in [0, 0.1) is 0 Å². The lowest BCUT2D eigenvalue weighted by Crippen LogP contribution is -2.38. The zero-order chi connectivity index (χ0) is 19.4. The minimum Gasteiger partial charge on any atom is -0.493 e. The number of carboxylic acid groups (broad SMARTS) is 1. The lowest BCUT2D eigenvalue weighted by Gasteiger charge is -2.29. The quantitative estimate of drug-likeness (QED) is 0.808. The van der Waals surface area contributed by atoms with Gasteiger partial charge in [-0.3, -0.25) is 4.79 Å². The van der Waals surface area contributed by atoms with Crippen molar-refractivity contribution in [2.75, 3.05) is 19.5 Å². The van der Waals surface area contributed by atoms with Crippen molar-refractivity contribution in [1.82, 2.24) is 0 Å². The van der Waals surface area contributed by atoms with Gasteiger partial charge in [0.1, 0.15) is 0 Å². The van der Waals surface area contributed by atoms with E-state index in [0.717, 1.165) is 31.2 Å². The number of hydrogen-bond donors (Lipinski definition) is 2. The predicted molar refractivity (Wildman–Crippen MR) is 102 cm³/mol. The monoisotopic (exact) mass is 369 g/mol. The molecule has 0 saturated heterocycles. The molecule has 0 heterocycles. The van der Waals surface area contributed by atoms with E-state index in [4.69, 9.17) is 14.6 Å². The highest BCUT2D eigenvalue weighted by atomic mass is 16.5. The van der Waals surface area contributed by atoms with E-state index in [1.165, 1.54) is 12.1 Å². The number of methoxy groups -OCH3 is 2. The summed E-state index contributed by atoms with van der Waals surface area (Å²) in [5.74, 6) is 0.139. The van der Waals surface area contributed by atoms with Gasteiger partial charge >= 0.3 is 5.97 Å². The number of rotatable bonds is 6. The first-order valence-electron chi connectivity index (χ1n) is 8.87. The first-order chi connectivity index (χ1) is 13.0. The Bertz CT molecular complexity index is 838. The van der Waals surface area contributed by atoms with Crippen molar-refractivity contribution in [2.45, 2.75) is 31.1 Å². The van der Waals surface area contributed by atoms with E-state index >= 15 is 0 Å². The maximum atomic E-state index is 13.2. The van der Waals surface area contributed by atoms with E-state index in [-0.39, 0.29) is 11.5 Å². The van der Waals surface area contributed by atoms with Gasteiger partial charge in [-0.15, -0.1) is 0 Å². The second-order valence-electron chi connectivity index (χ2n) is 6.70. The smallest absolute Gasteiger partial charge is 0.335 e. The van der Waals surface area contributed by atoms with Gasteiger partial charge in [0.2, 0.25) is 5.91 Å². The molecule has 1 saturated carbocycles. The molecule has 0 bridgehead atoms. The molecule has 1 aliphatic rings. The Hall–Kier alpha value is -3.02. The predicted octanol–water partition coefficient (Wildman–Crippen LogP) is 3.85. The van der Waals surface area contributed by atoms with Gasteiger partial charge < -0.3 is 19.9 Å². The Morgan fingerprint density at radius 3 is 2.15 bits per heavy atom. The van der Waals surface area contributed by atoms with Crippen molar-refractivity contribution < 1.29 is 24.2 Å². The summed E-state index contributed by atoms with van der Waals surface area (Å²) in [5.41, 5.74) is 1.03. The van der Waals surface area contributed by atoms with Gasteiger partial charge in [-0.25, -0.2) is 4.79 Å². The normalized spacial score (nSPS) is 15.2. The molecule has 1 amide bonds. The number of carboxylic acids is 1. The van der Waals surface area contributed by atoms with E-state index in [1.807, 2.05) is 18.2 Å². The lowest BCUT2D eigenvalue weighted by atomic mass is 9.77. The summed E-state index contributed by atoms with van der Waals surface area (Å²) in [6.07, 6.45) is 3.45. The average Bonchev–Trinajstić information content (AvgIpc) is 3.19. The second kappa shape index (κ2) is 7.70. The summed E-state index contributed by atoms with van der Waals surface area (Å²) < 4.78 is 10.7. The van der Waals surface area contributed by atoms with Crippen LogP contribution in [0.25, 0.3) is 0 Å². The Morgan fingerprint density at radius 1 is 0.963 bits per heavy atom. The molecule has 27 heavy (non-hydrogen) atoms. The van der Waals surface area contributed by atoms with Gasteiger partial charge in [0.05, 0.1) is 25.2 Å². The maximum absolute atomic E-state index is 13.2. The zero-order valence-electron chi connectivity index (χ0n) is 15.5. The highest BCUT2D eigenvalue weighted by Gasteiger charge is 2.43. The molecule has 6 heteroatoms. The topological polar surface area (TPSA) is 84.9 Å². The van der Waals surface area contributed by atoms with E-state index in [0.29, 0.717) is 17.2 Å². The van der Waals surface area contributed by atoms with Crippen LogP contribution in [-0.2, 0) is 10.2 Å². The van der Waals surface area contributed by atoms with Gasteiger partial charge in [-0.2, -0.15) is 0 Å². The number of hydrogen-bond acceptors (Lipinski definition) is 4. The van der Waals surface area contributed by atoms with Crippen molar-refractivity contribution in [2.24, 2.45) is 0 Å². The molecule has 2 aromatic rings. The number of nitrogens with one attached hydrogen (secondary N) is 1.